The molecule has 86 valence electrons. The van der Waals surface area contributed by atoms with E-state index < -0.39 is 0 Å². The summed E-state index contributed by atoms with van der Waals surface area (Å²) < 4.78 is 0. The van der Waals surface area contributed by atoms with Crippen LogP contribution in [0.2, 0.25) is 0 Å². The molecule has 0 N–H and O–H groups in total. The van der Waals surface area contributed by atoms with Crippen molar-refractivity contribution in [2.24, 2.45) is 0 Å². The Bertz CT molecular complexity index is 532. The van der Waals surface area contributed by atoms with Gasteiger partial charge in [0.15, 0.2) is 0 Å². The maximum atomic E-state index is 3.50. The fraction of sp³-hybridized carbons (Fsp3) is 0.188. The zero-order valence-corrected chi connectivity index (χ0v) is 16.3. The van der Waals surface area contributed by atoms with Crippen LogP contribution in [0.5, 0.6) is 0 Å². The summed E-state index contributed by atoms with van der Waals surface area (Å²) in [5.41, 5.74) is 6.94. The Labute approximate surface area is 160 Å². The normalized spacial score (nSPS) is 11.4. The van der Waals surface area contributed by atoms with Gasteiger partial charge in [0.1, 0.15) is 0 Å². The topological polar surface area (TPSA) is 0 Å². The second-order valence-electron chi connectivity index (χ2n) is 4.33. The van der Waals surface area contributed by atoms with E-state index in [1.807, 2.05) is 0 Å². The summed E-state index contributed by atoms with van der Waals surface area (Å²) >= 11 is 0. The van der Waals surface area contributed by atoms with Crippen LogP contribution in [0.15, 0.2) is 36.4 Å². The van der Waals surface area contributed by atoms with Crippen LogP contribution in [0, 0.1) is 12.5 Å². The number of benzene rings is 2. The Hall–Kier alpha value is 0.518. The predicted molar refractivity (Wildman–Crippen MR) is 66.4 cm³/mol. The standard InChI is InChI=1S/C16H14.2Y/c1-2-12-7-8-15-10-13-5-3-4-6-14(13)11-16(15)9-12;;/h2-8H,10-11H2,1H3;;/q-2;;. The monoisotopic (exact) mass is 384 g/mol. The van der Waals surface area contributed by atoms with Crippen LogP contribution in [0.4, 0.5) is 0 Å². The molecule has 0 bridgehead atoms. The molecule has 0 amide bonds. The van der Waals surface area contributed by atoms with Gasteiger partial charge >= 0.3 is 0 Å². The quantitative estimate of drug-likeness (QED) is 0.563. The van der Waals surface area contributed by atoms with Gasteiger partial charge in [-0.25, -0.2) is 0 Å². The van der Waals surface area contributed by atoms with Crippen LogP contribution in [-0.2, 0) is 78.3 Å². The zero-order valence-electron chi connectivity index (χ0n) is 10.6. The van der Waals surface area contributed by atoms with Crippen molar-refractivity contribution in [2.75, 3.05) is 0 Å². The maximum absolute atomic E-state index is 3.50. The Morgan fingerprint density at radius 3 is 2.22 bits per heavy atom. The minimum atomic E-state index is 0. The van der Waals surface area contributed by atoms with E-state index >= 15 is 0 Å². The van der Waals surface area contributed by atoms with Crippen molar-refractivity contribution in [1.29, 1.82) is 0 Å². The molecule has 0 saturated carbocycles. The number of rotatable bonds is 1. The minimum Gasteiger partial charge on any atom is -0.371 e. The van der Waals surface area contributed by atoms with E-state index in [9.17, 15) is 0 Å². The molecule has 2 aromatic carbocycles. The van der Waals surface area contributed by atoms with Crippen LogP contribution in [0.3, 0.4) is 0 Å². The molecule has 0 aromatic heterocycles. The molecule has 0 spiro atoms. The molecule has 18 heavy (non-hydrogen) atoms. The Balaban J connectivity index is 0.000000810. The van der Waals surface area contributed by atoms with E-state index in [0.29, 0.717) is 0 Å². The van der Waals surface area contributed by atoms with Crippen LogP contribution in [0.1, 0.15) is 34.7 Å². The fourth-order valence-corrected chi connectivity index (χ4v) is 2.38. The molecule has 0 fully saturated rings. The SMILES string of the molecule is C[CH-]c1[c-]c2c(cc1)Cc1ccccc1C2.[Y].[Y]. The summed E-state index contributed by atoms with van der Waals surface area (Å²) in [6.07, 6.45) is 4.21. The van der Waals surface area contributed by atoms with E-state index in [2.05, 4.69) is 55.8 Å². The summed E-state index contributed by atoms with van der Waals surface area (Å²) in [7, 11) is 0. The van der Waals surface area contributed by atoms with Crippen molar-refractivity contribution < 1.29 is 65.4 Å². The first-order valence-corrected chi connectivity index (χ1v) is 5.77. The van der Waals surface area contributed by atoms with Gasteiger partial charge in [-0.2, -0.15) is 11.6 Å². The number of hydrogen-bond acceptors (Lipinski definition) is 0. The van der Waals surface area contributed by atoms with Crippen molar-refractivity contribution in [2.45, 2.75) is 19.8 Å². The first kappa shape index (κ1) is 16.6. The van der Waals surface area contributed by atoms with Crippen molar-refractivity contribution in [1.82, 2.24) is 0 Å². The second kappa shape index (κ2) is 7.34. The van der Waals surface area contributed by atoms with Crippen LogP contribution < -0.4 is 0 Å². The average Bonchev–Trinajstić information content (AvgIpc) is 2.35. The number of hydrogen-bond donors (Lipinski definition) is 0. The van der Waals surface area contributed by atoms with E-state index in [1.54, 1.807) is 0 Å². The van der Waals surface area contributed by atoms with Crippen molar-refractivity contribution in [3.63, 3.8) is 0 Å². The molecule has 3 rings (SSSR count). The van der Waals surface area contributed by atoms with Gasteiger partial charge in [0.05, 0.1) is 0 Å². The summed E-state index contributed by atoms with van der Waals surface area (Å²) in [6, 6.07) is 16.6. The second-order valence-corrected chi connectivity index (χ2v) is 4.33. The maximum Gasteiger partial charge on any atom is 0 e. The largest absolute Gasteiger partial charge is 0.371 e. The molecule has 0 unspecified atom stereocenters. The molecule has 0 aliphatic heterocycles. The van der Waals surface area contributed by atoms with Gasteiger partial charge in [-0.05, 0) is 24.0 Å². The molecular formula is C16H14Y2-2. The van der Waals surface area contributed by atoms with Gasteiger partial charge in [0, 0.05) is 65.4 Å². The molecule has 1 aliphatic carbocycles. The van der Waals surface area contributed by atoms with Gasteiger partial charge in [0.2, 0.25) is 0 Å². The van der Waals surface area contributed by atoms with Crippen LogP contribution in [0.25, 0.3) is 0 Å². The summed E-state index contributed by atoms with van der Waals surface area (Å²) in [5.74, 6) is 0. The number of fused-ring (bicyclic) bond motifs is 2. The van der Waals surface area contributed by atoms with E-state index in [0.717, 1.165) is 12.8 Å². The molecule has 2 aromatic rings. The van der Waals surface area contributed by atoms with Crippen LogP contribution in [-0.4, -0.2) is 0 Å². The zero-order chi connectivity index (χ0) is 11.0. The van der Waals surface area contributed by atoms with Gasteiger partial charge in [-0.3, -0.25) is 6.07 Å². The van der Waals surface area contributed by atoms with Gasteiger partial charge < -0.3 is 18.1 Å². The first-order chi connectivity index (χ1) is 7.86. The van der Waals surface area contributed by atoms with Gasteiger partial charge in [-0.15, -0.1) is 6.92 Å². The molecule has 0 heterocycles. The Morgan fingerprint density at radius 2 is 1.56 bits per heavy atom. The third-order valence-corrected chi connectivity index (χ3v) is 3.32. The van der Waals surface area contributed by atoms with E-state index in [-0.39, 0.29) is 65.4 Å². The first-order valence-electron chi connectivity index (χ1n) is 5.77. The third kappa shape index (κ3) is 3.34. The van der Waals surface area contributed by atoms with Crippen LogP contribution >= 0.6 is 0 Å². The minimum absolute atomic E-state index is 0. The molecule has 0 nitrogen and oxygen atoms in total. The van der Waals surface area contributed by atoms with Crippen molar-refractivity contribution in [3.8, 4) is 0 Å². The van der Waals surface area contributed by atoms with E-state index in [4.69, 9.17) is 0 Å². The molecular weight excluding hydrogens is 370 g/mol. The smallest absolute Gasteiger partial charge is 0 e. The molecule has 0 saturated heterocycles. The van der Waals surface area contributed by atoms with Gasteiger partial charge in [-0.1, -0.05) is 29.8 Å². The van der Waals surface area contributed by atoms with Crippen molar-refractivity contribution in [3.05, 3.63) is 76.7 Å². The van der Waals surface area contributed by atoms with Gasteiger partial charge in [0.25, 0.3) is 0 Å². The molecule has 0 atom stereocenters. The Morgan fingerprint density at radius 1 is 0.889 bits per heavy atom. The predicted octanol–water partition coefficient (Wildman–Crippen LogP) is 3.55. The summed E-state index contributed by atoms with van der Waals surface area (Å²) in [5, 5.41) is 0. The summed E-state index contributed by atoms with van der Waals surface area (Å²) in [4.78, 5) is 0. The Kier molecular flexibility index (Phi) is 6.76. The summed E-state index contributed by atoms with van der Waals surface area (Å²) in [6.45, 7) is 2.06. The third-order valence-electron chi connectivity index (χ3n) is 3.32. The fourth-order valence-electron chi connectivity index (χ4n) is 2.38. The average molecular weight is 384 g/mol. The molecule has 2 radical (unpaired) electrons. The van der Waals surface area contributed by atoms with E-state index in [1.165, 1.54) is 27.8 Å². The molecule has 2 heteroatoms. The molecule has 1 aliphatic rings. The van der Waals surface area contributed by atoms with Crippen molar-refractivity contribution >= 4 is 0 Å².